The van der Waals surface area contributed by atoms with E-state index in [2.05, 4.69) is 16.7 Å². The normalized spacial score (nSPS) is 24.9. The molecule has 29 heavy (non-hydrogen) atoms. The number of nitrogens with two attached hydrogens (primary N) is 1. The number of carbonyl (C=O) groups is 1. The van der Waals surface area contributed by atoms with Crippen molar-refractivity contribution < 1.29 is 19.4 Å². The third kappa shape index (κ3) is 6.42. The van der Waals surface area contributed by atoms with Crippen LogP contribution in [-0.4, -0.2) is 60.4 Å². The number of aliphatic imine (C=N–C) groups is 1. The number of methoxy groups -OCH3 is 1. The van der Waals surface area contributed by atoms with Gasteiger partial charge in [0.25, 0.3) is 0 Å². The fraction of sp³-hybridized carbons (Fsp3) is 0.619. The lowest BCUT2D eigenvalue weighted by atomic mass is 10.1. The van der Waals surface area contributed by atoms with E-state index in [9.17, 15) is 9.90 Å². The summed E-state index contributed by atoms with van der Waals surface area (Å²) in [6.07, 6.45) is 1.29. The van der Waals surface area contributed by atoms with Gasteiger partial charge in [0, 0.05) is 26.7 Å². The van der Waals surface area contributed by atoms with Crippen molar-refractivity contribution in [2.45, 2.75) is 63.8 Å². The smallest absolute Gasteiger partial charge is 0.405 e. The van der Waals surface area contributed by atoms with Crippen molar-refractivity contribution in [2.24, 2.45) is 10.7 Å². The number of hydrogen-bond donors (Lipinski definition) is 2. The Bertz CT molecular complexity index is 745. The summed E-state index contributed by atoms with van der Waals surface area (Å²) < 4.78 is 9.81. The fourth-order valence-electron chi connectivity index (χ4n) is 3.53. The molecule has 1 aromatic rings. The highest BCUT2D eigenvalue weighted by Gasteiger charge is 2.27. The minimum absolute atomic E-state index is 0.397. The molecule has 3 rings (SSSR count). The largest absolute Gasteiger partial charge is 0.669 e. The lowest BCUT2D eigenvalue weighted by Gasteiger charge is -2.21. The zero-order valence-corrected chi connectivity index (χ0v) is 17.9. The van der Waals surface area contributed by atoms with Crippen LogP contribution in [0.3, 0.4) is 0 Å². The third-order valence-electron chi connectivity index (χ3n) is 4.96. The number of hydrogen-bond acceptors (Lipinski definition) is 5. The van der Waals surface area contributed by atoms with E-state index in [0.717, 1.165) is 42.1 Å². The molecule has 1 amide bonds. The van der Waals surface area contributed by atoms with Crippen molar-refractivity contribution in [3.8, 4) is 0 Å². The highest BCUT2D eigenvalue weighted by atomic mass is 16.6. The second kappa shape index (κ2) is 9.56. The molecule has 1 heterocycles. The first-order chi connectivity index (χ1) is 13.5. The highest BCUT2D eigenvalue weighted by Crippen LogP contribution is 2.36. The molecule has 0 spiro atoms. The molecule has 0 radical (unpaired) electrons. The average molecular weight is 406 g/mol. The molecule has 0 saturated carbocycles. The van der Waals surface area contributed by atoms with Gasteiger partial charge in [0.05, 0.1) is 18.3 Å². The first-order valence-corrected chi connectivity index (χ1v) is 9.81. The summed E-state index contributed by atoms with van der Waals surface area (Å²) in [6, 6.07) is 5.78. The van der Waals surface area contributed by atoms with E-state index in [1.165, 1.54) is 0 Å². The molecule has 8 heteroatoms. The van der Waals surface area contributed by atoms with E-state index < -0.39 is 23.8 Å². The highest BCUT2D eigenvalue weighted by molar-refractivity contribution is 5.87. The molecule has 1 aliphatic heterocycles. The van der Waals surface area contributed by atoms with E-state index in [1.54, 1.807) is 27.9 Å². The van der Waals surface area contributed by atoms with E-state index in [1.807, 2.05) is 18.2 Å². The number of ether oxygens (including phenoxy) is 2. The molecular weight excluding hydrogens is 372 g/mol. The van der Waals surface area contributed by atoms with Gasteiger partial charge in [0.1, 0.15) is 11.4 Å². The van der Waals surface area contributed by atoms with Crippen LogP contribution in [0.15, 0.2) is 23.2 Å². The molecule has 162 valence electrons. The monoisotopic (exact) mass is 405 g/mol. The summed E-state index contributed by atoms with van der Waals surface area (Å²) in [4.78, 5) is 16.9. The molecule has 3 atom stereocenters. The summed E-state index contributed by atoms with van der Waals surface area (Å²) in [5, 5.41) is 9.78. The number of amides is 1. The predicted octanol–water partition coefficient (Wildman–Crippen LogP) is 3.35. The lowest BCUT2D eigenvalue weighted by Crippen LogP contribution is -2.32. The van der Waals surface area contributed by atoms with Gasteiger partial charge >= 0.3 is 6.09 Å². The minimum atomic E-state index is -0.725. The van der Waals surface area contributed by atoms with E-state index in [4.69, 9.17) is 21.2 Å². The number of likely N-dealkylation sites (N-methyl/N-ethyl adjacent to an activating group) is 1. The predicted molar refractivity (Wildman–Crippen MR) is 113 cm³/mol. The SMILES string of the molecule is CC(C)(C)OC(N)=O.COC[C@H]1CCC(=Nc2ccc3c(c2)[C@@H]([NH-])[C@H](O)C3)N1C. The zero-order valence-electron chi connectivity index (χ0n) is 17.9. The number of carbonyl (C=O) groups excluding carboxylic acids is 1. The van der Waals surface area contributed by atoms with E-state index in [-0.39, 0.29) is 0 Å². The number of likely N-dealkylation sites (tertiary alicyclic amines) is 1. The number of nitrogens with one attached hydrogen (secondary N) is 1. The van der Waals surface area contributed by atoms with Crippen molar-refractivity contribution >= 4 is 17.6 Å². The number of aliphatic hydroxyl groups excluding tert-OH is 1. The maximum atomic E-state index is 10.0. The standard InChI is InChI=1S/C16H22N3O2.C5H11NO2/c1-19-12(9-21-2)5-6-15(19)18-11-4-3-10-7-14(20)16(17)13(10)8-11;1-5(2,3)8-4(6)7/h3-4,8,12,14,16-17,20H,5-7,9H2,1-2H3;1-3H3,(H2,6,7)/q-1;/t12-,14-,16-;/m1./s1. The molecule has 1 saturated heterocycles. The van der Waals surface area contributed by atoms with Crippen LogP contribution >= 0.6 is 0 Å². The van der Waals surface area contributed by atoms with Crippen molar-refractivity contribution in [3.05, 3.63) is 35.1 Å². The van der Waals surface area contributed by atoms with Gasteiger partial charge in [0.2, 0.25) is 0 Å². The molecule has 2 aliphatic rings. The summed E-state index contributed by atoms with van der Waals surface area (Å²) in [5.41, 5.74) is 15.1. The number of rotatable bonds is 3. The van der Waals surface area contributed by atoms with E-state index in [0.29, 0.717) is 12.5 Å². The first-order valence-electron chi connectivity index (χ1n) is 9.81. The van der Waals surface area contributed by atoms with Crippen LogP contribution in [0.5, 0.6) is 0 Å². The Balaban J connectivity index is 0.000000321. The third-order valence-corrected chi connectivity index (χ3v) is 4.96. The van der Waals surface area contributed by atoms with Crippen LogP contribution in [0.2, 0.25) is 0 Å². The Morgan fingerprint density at radius 1 is 1.41 bits per heavy atom. The number of amidine groups is 1. The van der Waals surface area contributed by atoms with Crippen LogP contribution in [0.25, 0.3) is 5.73 Å². The van der Waals surface area contributed by atoms with Crippen molar-refractivity contribution in [1.29, 1.82) is 0 Å². The summed E-state index contributed by atoms with van der Waals surface area (Å²) >= 11 is 0. The van der Waals surface area contributed by atoms with Gasteiger partial charge < -0.3 is 30.9 Å². The van der Waals surface area contributed by atoms with Gasteiger partial charge in [-0.1, -0.05) is 17.7 Å². The quantitative estimate of drug-likeness (QED) is 0.799. The van der Waals surface area contributed by atoms with Gasteiger partial charge in [0.15, 0.2) is 0 Å². The van der Waals surface area contributed by atoms with Crippen molar-refractivity contribution in [1.82, 2.24) is 4.90 Å². The topological polar surface area (TPSA) is 121 Å². The fourth-order valence-corrected chi connectivity index (χ4v) is 3.53. The number of nitrogens with zero attached hydrogens (tertiary/aromatic N) is 2. The van der Waals surface area contributed by atoms with E-state index >= 15 is 0 Å². The molecule has 1 aromatic carbocycles. The second-order valence-corrected chi connectivity index (χ2v) is 8.45. The van der Waals surface area contributed by atoms with Crippen molar-refractivity contribution in [3.63, 3.8) is 0 Å². The van der Waals surface area contributed by atoms with Gasteiger partial charge in [-0.2, -0.15) is 0 Å². The molecule has 0 unspecified atom stereocenters. The molecule has 1 fully saturated rings. The molecular formula is C21H33N4O4-. The second-order valence-electron chi connectivity index (χ2n) is 8.45. The number of primary amides is 1. The summed E-state index contributed by atoms with van der Waals surface area (Å²) in [7, 11) is 3.78. The molecule has 8 nitrogen and oxygen atoms in total. The Morgan fingerprint density at radius 3 is 2.66 bits per heavy atom. The summed E-state index contributed by atoms with van der Waals surface area (Å²) in [5.74, 6) is 1.07. The maximum Gasteiger partial charge on any atom is 0.405 e. The first kappa shape index (κ1) is 23.1. The minimum Gasteiger partial charge on any atom is -0.669 e. The van der Waals surface area contributed by atoms with Gasteiger partial charge in [-0.15, -0.1) is 0 Å². The average Bonchev–Trinajstić information content (AvgIpc) is 3.08. The Morgan fingerprint density at radius 2 is 2.10 bits per heavy atom. The zero-order chi connectivity index (χ0) is 21.8. The Kier molecular flexibility index (Phi) is 7.62. The van der Waals surface area contributed by atoms with Gasteiger partial charge in [-0.3, -0.25) is 0 Å². The van der Waals surface area contributed by atoms with Crippen LogP contribution < -0.4 is 5.73 Å². The number of benzene rings is 1. The lowest BCUT2D eigenvalue weighted by molar-refractivity contribution is 0.0600. The Hall–Kier alpha value is -2.16. The molecule has 0 bridgehead atoms. The van der Waals surface area contributed by atoms with Gasteiger partial charge in [-0.25, -0.2) is 9.79 Å². The van der Waals surface area contributed by atoms with Crippen LogP contribution in [0, 0.1) is 0 Å². The number of fused-ring (bicyclic) bond motifs is 1. The molecule has 4 N–H and O–H groups in total. The van der Waals surface area contributed by atoms with Gasteiger partial charge in [-0.05, 0) is 51.3 Å². The summed E-state index contributed by atoms with van der Waals surface area (Å²) in [6.45, 7) is 6.01. The maximum absolute atomic E-state index is 10.0. The molecule has 1 aliphatic carbocycles. The number of aliphatic hydroxyl groups is 1. The van der Waals surface area contributed by atoms with Crippen LogP contribution in [0.4, 0.5) is 10.5 Å². The van der Waals surface area contributed by atoms with Crippen LogP contribution in [-0.2, 0) is 15.9 Å². The Labute approximate surface area is 172 Å². The molecule has 0 aromatic heterocycles. The van der Waals surface area contributed by atoms with Crippen LogP contribution in [0.1, 0.15) is 50.8 Å². The van der Waals surface area contributed by atoms with Crippen molar-refractivity contribution in [2.75, 3.05) is 20.8 Å².